The number of anilines is 1. The summed E-state index contributed by atoms with van der Waals surface area (Å²) in [5.41, 5.74) is 5.48. The molecule has 17 heavy (non-hydrogen) atoms. The second-order valence-electron chi connectivity index (χ2n) is 3.33. The molecule has 1 amide bonds. The molecule has 7 nitrogen and oxygen atoms in total. The Morgan fingerprint density at radius 2 is 2.29 bits per heavy atom. The Morgan fingerprint density at radius 3 is 2.94 bits per heavy atom. The molecule has 0 saturated carbocycles. The first-order valence-corrected chi connectivity index (χ1v) is 5.11. The predicted molar refractivity (Wildman–Crippen MR) is 61.8 cm³/mol. The SMILES string of the molecule is CCNc1cncc(-n2cc(C(N)=O)cn2)n1. The zero-order valence-corrected chi connectivity index (χ0v) is 9.29. The fraction of sp³-hybridized carbons (Fsp3) is 0.200. The minimum absolute atomic E-state index is 0.334. The van der Waals surface area contributed by atoms with Crippen LogP contribution in [0, 0.1) is 0 Å². The van der Waals surface area contributed by atoms with Gasteiger partial charge in [0.1, 0.15) is 5.82 Å². The van der Waals surface area contributed by atoms with Gasteiger partial charge in [-0.3, -0.25) is 9.78 Å². The van der Waals surface area contributed by atoms with Crippen molar-refractivity contribution in [3.8, 4) is 5.82 Å². The molecule has 0 atom stereocenters. The van der Waals surface area contributed by atoms with Crippen molar-refractivity contribution in [1.29, 1.82) is 0 Å². The zero-order valence-electron chi connectivity index (χ0n) is 9.29. The van der Waals surface area contributed by atoms with Crippen molar-refractivity contribution in [2.45, 2.75) is 6.92 Å². The summed E-state index contributed by atoms with van der Waals surface area (Å²) >= 11 is 0. The summed E-state index contributed by atoms with van der Waals surface area (Å²) in [6.07, 6.45) is 6.08. The number of aromatic nitrogens is 4. The number of carbonyl (C=O) groups is 1. The second-order valence-corrected chi connectivity index (χ2v) is 3.33. The van der Waals surface area contributed by atoms with Gasteiger partial charge >= 0.3 is 0 Å². The van der Waals surface area contributed by atoms with Crippen LogP contribution >= 0.6 is 0 Å². The smallest absolute Gasteiger partial charge is 0.251 e. The third-order valence-corrected chi connectivity index (χ3v) is 2.08. The molecule has 0 aromatic carbocycles. The topological polar surface area (TPSA) is 98.7 Å². The molecular weight excluding hydrogens is 220 g/mol. The fourth-order valence-electron chi connectivity index (χ4n) is 1.31. The molecule has 0 aliphatic carbocycles. The van der Waals surface area contributed by atoms with E-state index in [-0.39, 0.29) is 0 Å². The molecule has 0 aliphatic heterocycles. The Balaban J connectivity index is 2.31. The van der Waals surface area contributed by atoms with Gasteiger partial charge in [-0.2, -0.15) is 5.10 Å². The standard InChI is InChI=1S/C10H12N6O/c1-2-13-8-4-12-5-9(15-8)16-6-7(3-14-16)10(11)17/h3-6H,2H2,1H3,(H2,11,17)(H,13,15). The number of rotatable bonds is 4. The fourth-order valence-corrected chi connectivity index (χ4v) is 1.31. The van der Waals surface area contributed by atoms with Gasteiger partial charge in [-0.25, -0.2) is 9.67 Å². The van der Waals surface area contributed by atoms with Gasteiger partial charge < -0.3 is 11.1 Å². The van der Waals surface area contributed by atoms with Crippen molar-refractivity contribution in [3.63, 3.8) is 0 Å². The van der Waals surface area contributed by atoms with Crippen LogP contribution < -0.4 is 11.1 Å². The highest BCUT2D eigenvalue weighted by atomic mass is 16.1. The van der Waals surface area contributed by atoms with Gasteiger partial charge in [0.25, 0.3) is 5.91 Å². The molecule has 7 heteroatoms. The predicted octanol–water partition coefficient (Wildman–Crippen LogP) is 0.193. The van der Waals surface area contributed by atoms with Crippen molar-refractivity contribution in [1.82, 2.24) is 19.7 Å². The monoisotopic (exact) mass is 232 g/mol. The summed E-state index contributed by atoms with van der Waals surface area (Å²) in [5.74, 6) is 0.657. The number of nitrogens with two attached hydrogens (primary N) is 1. The summed E-state index contributed by atoms with van der Waals surface area (Å²) < 4.78 is 1.45. The molecule has 0 fully saturated rings. The molecule has 0 bridgehead atoms. The van der Waals surface area contributed by atoms with Gasteiger partial charge in [0, 0.05) is 12.7 Å². The zero-order chi connectivity index (χ0) is 12.3. The number of primary amides is 1. The molecule has 0 unspecified atom stereocenters. The number of carbonyl (C=O) groups excluding carboxylic acids is 1. The van der Waals surface area contributed by atoms with Crippen LogP contribution in [-0.2, 0) is 0 Å². The van der Waals surface area contributed by atoms with Crippen LogP contribution in [0.4, 0.5) is 5.82 Å². The van der Waals surface area contributed by atoms with Crippen LogP contribution in [0.25, 0.3) is 5.82 Å². The Bertz CT molecular complexity index is 535. The molecule has 0 saturated heterocycles. The maximum Gasteiger partial charge on any atom is 0.251 e. The molecule has 2 aromatic rings. The molecule has 0 radical (unpaired) electrons. The first-order valence-electron chi connectivity index (χ1n) is 5.11. The van der Waals surface area contributed by atoms with Gasteiger partial charge in [-0.05, 0) is 6.92 Å². The van der Waals surface area contributed by atoms with Crippen molar-refractivity contribution >= 4 is 11.7 Å². The number of nitrogens with one attached hydrogen (secondary N) is 1. The first kappa shape index (κ1) is 11.1. The van der Waals surface area contributed by atoms with E-state index in [4.69, 9.17) is 5.73 Å². The highest BCUT2D eigenvalue weighted by Crippen LogP contribution is 2.07. The molecule has 2 rings (SSSR count). The van der Waals surface area contributed by atoms with E-state index in [0.29, 0.717) is 17.2 Å². The second kappa shape index (κ2) is 4.60. The molecule has 2 aromatic heterocycles. The molecule has 0 spiro atoms. The average Bonchev–Trinajstić information content (AvgIpc) is 2.79. The van der Waals surface area contributed by atoms with E-state index in [2.05, 4.69) is 20.4 Å². The normalized spacial score (nSPS) is 10.2. The minimum Gasteiger partial charge on any atom is -0.369 e. The summed E-state index contributed by atoms with van der Waals surface area (Å²) in [7, 11) is 0. The van der Waals surface area contributed by atoms with Crippen molar-refractivity contribution < 1.29 is 4.79 Å². The van der Waals surface area contributed by atoms with E-state index in [0.717, 1.165) is 6.54 Å². The van der Waals surface area contributed by atoms with Crippen LogP contribution in [0.1, 0.15) is 17.3 Å². The van der Waals surface area contributed by atoms with E-state index >= 15 is 0 Å². The van der Waals surface area contributed by atoms with Gasteiger partial charge in [-0.15, -0.1) is 0 Å². The van der Waals surface area contributed by atoms with Crippen LogP contribution in [-0.4, -0.2) is 32.2 Å². The van der Waals surface area contributed by atoms with Crippen molar-refractivity contribution in [2.75, 3.05) is 11.9 Å². The molecule has 3 N–H and O–H groups in total. The maximum atomic E-state index is 10.9. The largest absolute Gasteiger partial charge is 0.369 e. The molecule has 2 heterocycles. The molecular formula is C10H12N6O. The van der Waals surface area contributed by atoms with Gasteiger partial charge in [-0.1, -0.05) is 0 Å². The quantitative estimate of drug-likeness (QED) is 0.784. The number of amides is 1. The summed E-state index contributed by atoms with van der Waals surface area (Å²) in [6, 6.07) is 0. The van der Waals surface area contributed by atoms with E-state index < -0.39 is 5.91 Å². The summed E-state index contributed by atoms with van der Waals surface area (Å²) in [6.45, 7) is 2.72. The third-order valence-electron chi connectivity index (χ3n) is 2.08. The molecule has 0 aliphatic rings. The maximum absolute atomic E-state index is 10.9. The number of nitrogens with zero attached hydrogens (tertiary/aromatic N) is 4. The van der Waals surface area contributed by atoms with Crippen LogP contribution in [0.2, 0.25) is 0 Å². The van der Waals surface area contributed by atoms with Crippen molar-refractivity contribution in [2.24, 2.45) is 5.73 Å². The number of hydrogen-bond acceptors (Lipinski definition) is 5. The van der Waals surface area contributed by atoms with E-state index in [1.54, 1.807) is 12.4 Å². The van der Waals surface area contributed by atoms with Gasteiger partial charge in [0.15, 0.2) is 5.82 Å². The lowest BCUT2D eigenvalue weighted by Gasteiger charge is -2.03. The summed E-state index contributed by atoms with van der Waals surface area (Å²) in [5, 5.41) is 7.04. The lowest BCUT2D eigenvalue weighted by molar-refractivity contribution is 0.100. The van der Waals surface area contributed by atoms with E-state index in [9.17, 15) is 4.79 Å². The van der Waals surface area contributed by atoms with Crippen LogP contribution in [0.15, 0.2) is 24.8 Å². The van der Waals surface area contributed by atoms with E-state index in [1.165, 1.54) is 17.1 Å². The van der Waals surface area contributed by atoms with Crippen LogP contribution in [0.5, 0.6) is 0 Å². The lowest BCUT2D eigenvalue weighted by atomic mass is 10.3. The Morgan fingerprint density at radius 1 is 1.47 bits per heavy atom. The highest BCUT2D eigenvalue weighted by molar-refractivity contribution is 5.92. The Kier molecular flexibility index (Phi) is 2.99. The minimum atomic E-state index is -0.521. The first-order chi connectivity index (χ1) is 8.20. The highest BCUT2D eigenvalue weighted by Gasteiger charge is 2.06. The number of hydrogen-bond donors (Lipinski definition) is 2. The van der Waals surface area contributed by atoms with Gasteiger partial charge in [0.2, 0.25) is 0 Å². The van der Waals surface area contributed by atoms with E-state index in [1.807, 2.05) is 6.92 Å². The Hall–Kier alpha value is -2.44. The Labute approximate surface area is 97.7 Å². The molecule has 88 valence electrons. The van der Waals surface area contributed by atoms with Crippen molar-refractivity contribution in [3.05, 3.63) is 30.4 Å². The summed E-state index contributed by atoms with van der Waals surface area (Å²) in [4.78, 5) is 19.2. The van der Waals surface area contributed by atoms with Gasteiger partial charge in [0.05, 0.1) is 24.2 Å². The third kappa shape index (κ3) is 2.39. The average molecular weight is 232 g/mol. The lowest BCUT2D eigenvalue weighted by Crippen LogP contribution is -2.09. The van der Waals surface area contributed by atoms with Crippen LogP contribution in [0.3, 0.4) is 0 Å².